The van der Waals surface area contributed by atoms with Gasteiger partial charge in [-0.15, -0.1) is 0 Å². The van der Waals surface area contributed by atoms with Crippen molar-refractivity contribution in [2.24, 2.45) is 17.8 Å². The molecule has 9 heteroatoms. The van der Waals surface area contributed by atoms with Gasteiger partial charge in [0.1, 0.15) is 23.3 Å². The van der Waals surface area contributed by atoms with Gasteiger partial charge in [0.15, 0.2) is 0 Å². The Balaban J connectivity index is 0.000000139. The van der Waals surface area contributed by atoms with E-state index in [1.807, 2.05) is 42.5 Å². The lowest BCUT2D eigenvalue weighted by atomic mass is 9.77. The Morgan fingerprint density at radius 2 is 1.04 bits per heavy atom. The Bertz CT molecular complexity index is 2910. The van der Waals surface area contributed by atoms with Gasteiger partial charge in [0.25, 0.3) is 0 Å². The molecule has 4 aliphatic rings. The molecule has 7 aromatic rings. The molecule has 0 saturated carbocycles. The van der Waals surface area contributed by atoms with Crippen LogP contribution in [-0.2, 0) is 25.2 Å². The molecule has 0 aliphatic carbocycles. The predicted molar refractivity (Wildman–Crippen MR) is 312 cm³/mol. The summed E-state index contributed by atoms with van der Waals surface area (Å²) in [6.45, 7) is 19.5. The molecule has 0 amide bonds. The standard InChI is InChI=1S/C19H22FNO.2C19H20FN.C12H16FN/c1-15-13-21(14-16-5-3-2-4-6-16)12-11-19(15,22)17-7-9-18(20)10-8-17;2*1-15-13-21(14-16-5-3-2-4-6-16)12-11-19(15)17-7-9-18(20)10-8-17;1-9-8-14-7-6-12(9)10-2-4-11(13)5-3-10/h2-10,15,22H,11-14H2,1H3;2-10H,11-14H2,1H3;2-11,15H,12-14H2,1H3;2-5,9,12,14H,6-8H2,1H3. The quantitative estimate of drug-likeness (QED) is 0.134. The van der Waals surface area contributed by atoms with E-state index in [-0.39, 0.29) is 29.2 Å². The molecule has 0 aromatic heterocycles. The van der Waals surface area contributed by atoms with E-state index < -0.39 is 5.60 Å². The van der Waals surface area contributed by atoms with Gasteiger partial charge < -0.3 is 10.4 Å². The lowest BCUT2D eigenvalue weighted by molar-refractivity contribution is -0.0728. The fraction of sp³-hybridized carbons (Fsp3) is 0.333. The second-order valence-corrected chi connectivity index (χ2v) is 21.9. The highest BCUT2D eigenvalue weighted by Gasteiger charge is 2.40. The summed E-state index contributed by atoms with van der Waals surface area (Å²) >= 11 is 0. The van der Waals surface area contributed by atoms with Crippen LogP contribution in [0.4, 0.5) is 17.6 Å². The molecule has 408 valence electrons. The Hall–Kier alpha value is -6.46. The first-order valence-corrected chi connectivity index (χ1v) is 27.9. The highest BCUT2D eigenvalue weighted by atomic mass is 19.1. The van der Waals surface area contributed by atoms with E-state index in [2.05, 4.69) is 139 Å². The number of hydrogen-bond donors (Lipinski definition) is 2. The van der Waals surface area contributed by atoms with Crippen molar-refractivity contribution in [3.05, 3.63) is 262 Å². The Labute approximate surface area is 462 Å². The number of piperidine rings is 2. The second kappa shape index (κ2) is 28.4. The van der Waals surface area contributed by atoms with Crippen LogP contribution in [0, 0.1) is 41.0 Å². The molecule has 0 bridgehead atoms. The highest BCUT2D eigenvalue weighted by molar-refractivity contribution is 5.70. The average Bonchev–Trinajstić information content (AvgIpc) is 3.47. The number of hydrogen-bond acceptors (Lipinski definition) is 5. The summed E-state index contributed by atoms with van der Waals surface area (Å²) in [7, 11) is 0. The van der Waals surface area contributed by atoms with E-state index in [0.29, 0.717) is 24.2 Å². The Kier molecular flexibility index (Phi) is 21.0. The van der Waals surface area contributed by atoms with E-state index in [9.17, 15) is 22.7 Å². The van der Waals surface area contributed by atoms with Crippen LogP contribution in [0.25, 0.3) is 11.1 Å². The van der Waals surface area contributed by atoms with Gasteiger partial charge in [-0.3, -0.25) is 14.7 Å². The summed E-state index contributed by atoms with van der Waals surface area (Å²) < 4.78 is 51.9. The van der Waals surface area contributed by atoms with Crippen molar-refractivity contribution < 1.29 is 22.7 Å². The molecule has 5 unspecified atom stereocenters. The average molecular weight is 1060 g/mol. The molecule has 2 saturated heterocycles. The third-order valence-corrected chi connectivity index (χ3v) is 16.0. The number of likely N-dealkylation sites (tertiary alicyclic amines) is 1. The summed E-state index contributed by atoms with van der Waals surface area (Å²) in [4.78, 5) is 7.29. The van der Waals surface area contributed by atoms with Crippen LogP contribution >= 0.6 is 0 Å². The Morgan fingerprint density at radius 3 is 1.54 bits per heavy atom. The summed E-state index contributed by atoms with van der Waals surface area (Å²) in [5, 5.41) is 14.4. The van der Waals surface area contributed by atoms with Gasteiger partial charge in [-0.1, -0.05) is 172 Å². The molecular formula is C69H78F4N4O. The molecule has 2 N–H and O–H groups in total. The molecule has 4 heterocycles. The lowest BCUT2D eigenvalue weighted by Gasteiger charge is -2.43. The normalized spacial score (nSPS) is 21.9. The maximum atomic E-state index is 13.1. The van der Waals surface area contributed by atoms with Crippen LogP contribution in [0.3, 0.4) is 0 Å². The number of nitrogens with one attached hydrogen (secondary N) is 1. The summed E-state index contributed by atoms with van der Waals surface area (Å²) in [5.41, 5.74) is 11.6. The molecule has 78 heavy (non-hydrogen) atoms. The highest BCUT2D eigenvalue weighted by Crippen LogP contribution is 2.38. The van der Waals surface area contributed by atoms with Gasteiger partial charge in [0, 0.05) is 64.8 Å². The monoisotopic (exact) mass is 1050 g/mol. The van der Waals surface area contributed by atoms with E-state index in [0.717, 1.165) is 102 Å². The van der Waals surface area contributed by atoms with E-state index in [1.165, 1.54) is 51.1 Å². The summed E-state index contributed by atoms with van der Waals surface area (Å²) in [6, 6.07) is 58.5. The van der Waals surface area contributed by atoms with E-state index in [4.69, 9.17) is 0 Å². The van der Waals surface area contributed by atoms with Crippen molar-refractivity contribution >= 4 is 11.1 Å². The second-order valence-electron chi connectivity index (χ2n) is 21.9. The number of rotatable bonds is 10. The molecule has 2 fully saturated rings. The van der Waals surface area contributed by atoms with E-state index >= 15 is 0 Å². The minimum absolute atomic E-state index is 0.107. The zero-order valence-electron chi connectivity index (χ0n) is 46.0. The van der Waals surface area contributed by atoms with E-state index in [1.54, 1.807) is 48.5 Å². The minimum atomic E-state index is -0.860. The Morgan fingerprint density at radius 1 is 0.551 bits per heavy atom. The van der Waals surface area contributed by atoms with Crippen LogP contribution < -0.4 is 5.32 Å². The van der Waals surface area contributed by atoms with Crippen molar-refractivity contribution in [2.75, 3.05) is 52.4 Å². The van der Waals surface area contributed by atoms with Gasteiger partial charge in [-0.25, -0.2) is 17.6 Å². The van der Waals surface area contributed by atoms with Crippen LogP contribution in [0.5, 0.6) is 0 Å². The molecule has 0 spiro atoms. The van der Waals surface area contributed by atoms with Gasteiger partial charge in [-0.2, -0.15) is 0 Å². The zero-order valence-corrected chi connectivity index (χ0v) is 46.0. The number of halogens is 4. The van der Waals surface area contributed by atoms with Crippen LogP contribution in [0.1, 0.15) is 91.8 Å². The third-order valence-electron chi connectivity index (χ3n) is 16.0. The largest absolute Gasteiger partial charge is 0.385 e. The van der Waals surface area contributed by atoms with Gasteiger partial charge in [-0.05, 0) is 156 Å². The maximum Gasteiger partial charge on any atom is 0.123 e. The third kappa shape index (κ3) is 16.5. The summed E-state index contributed by atoms with van der Waals surface area (Å²) in [5.74, 6) is 1.07. The number of benzene rings is 7. The van der Waals surface area contributed by atoms with Crippen molar-refractivity contribution in [3.8, 4) is 0 Å². The first-order valence-electron chi connectivity index (χ1n) is 27.9. The lowest BCUT2D eigenvalue weighted by Crippen LogP contribution is -2.48. The SMILES string of the molecule is CC1=C(c2ccc(F)cc2)CCN(Cc2ccccc2)C1.CC1CN(Cc2ccccc2)CC=C1c1ccc(F)cc1.CC1CN(Cc2ccccc2)CCC1(O)c1ccc(F)cc1.CC1CNCCC1c1ccc(F)cc1. The predicted octanol–water partition coefficient (Wildman–Crippen LogP) is 15.0. The van der Waals surface area contributed by atoms with Crippen LogP contribution in [0.2, 0.25) is 0 Å². The number of aliphatic hydroxyl groups is 1. The molecule has 0 radical (unpaired) electrons. The first-order chi connectivity index (χ1) is 37.8. The smallest absolute Gasteiger partial charge is 0.123 e. The topological polar surface area (TPSA) is 42.0 Å². The maximum absolute atomic E-state index is 13.1. The van der Waals surface area contributed by atoms with Gasteiger partial charge in [0.05, 0.1) is 5.60 Å². The van der Waals surface area contributed by atoms with Crippen LogP contribution in [0.15, 0.2) is 200 Å². The molecule has 5 atom stereocenters. The van der Waals surface area contributed by atoms with Crippen molar-refractivity contribution in [3.63, 3.8) is 0 Å². The number of nitrogens with zero attached hydrogens (tertiary/aromatic N) is 3. The molecule has 7 aromatic carbocycles. The van der Waals surface area contributed by atoms with Gasteiger partial charge >= 0.3 is 0 Å². The fourth-order valence-electron chi connectivity index (χ4n) is 11.6. The first kappa shape index (κ1) is 57.7. The van der Waals surface area contributed by atoms with Crippen molar-refractivity contribution in [1.82, 2.24) is 20.0 Å². The minimum Gasteiger partial charge on any atom is -0.385 e. The zero-order chi connectivity index (χ0) is 54.9. The molecule has 11 rings (SSSR count). The molecule has 5 nitrogen and oxygen atoms in total. The van der Waals surface area contributed by atoms with Gasteiger partial charge in [0.2, 0.25) is 0 Å². The fourth-order valence-corrected chi connectivity index (χ4v) is 11.6. The van der Waals surface area contributed by atoms with Crippen molar-refractivity contribution in [2.45, 2.75) is 78.1 Å². The summed E-state index contributed by atoms with van der Waals surface area (Å²) in [6.07, 6.45) is 5.15. The van der Waals surface area contributed by atoms with Crippen molar-refractivity contribution in [1.29, 1.82) is 0 Å². The van der Waals surface area contributed by atoms with Crippen LogP contribution in [-0.4, -0.2) is 72.2 Å². The molecular weight excluding hydrogens is 977 g/mol. The molecule has 4 aliphatic heterocycles.